The van der Waals surface area contributed by atoms with Gasteiger partial charge in [-0.15, -0.1) is 0 Å². The fourth-order valence-corrected chi connectivity index (χ4v) is 0.583. The lowest BCUT2D eigenvalue weighted by molar-refractivity contribution is 0.384. The number of nitrogens with zero attached hydrogens (tertiary/aromatic N) is 2. The van der Waals surface area contributed by atoms with E-state index in [1.165, 1.54) is 0 Å². The predicted molar refractivity (Wildman–Crippen MR) is 44.6 cm³/mol. The first-order valence-electron chi connectivity index (χ1n) is 3.00. The number of hydrogen-bond acceptors (Lipinski definition) is 2. The standard InChI is InChI=1S/C3H13B3N2/c1-7(5)3-8(2)6-4/h6H,3-5H2,1-2H3. The number of hydrogen-bond donors (Lipinski definition) is 0. The highest BCUT2D eigenvalue weighted by molar-refractivity contribution is 6.87. The van der Waals surface area contributed by atoms with E-state index in [1.54, 1.807) is 0 Å². The minimum Gasteiger partial charge on any atom is -0.345 e. The minimum atomic E-state index is 1.05. The molecule has 0 saturated heterocycles. The summed E-state index contributed by atoms with van der Waals surface area (Å²) < 4.78 is 0. The van der Waals surface area contributed by atoms with Crippen LogP contribution in [-0.4, -0.2) is 53.4 Å². The maximum Gasteiger partial charge on any atom is 0.186 e. The predicted octanol–water partition coefficient (Wildman–Crippen LogP) is -2.74. The van der Waals surface area contributed by atoms with E-state index in [0.717, 1.165) is 14.0 Å². The maximum atomic E-state index is 2.25. The first-order valence-corrected chi connectivity index (χ1v) is 3.00. The Morgan fingerprint density at radius 2 is 2.00 bits per heavy atom. The van der Waals surface area contributed by atoms with Gasteiger partial charge in [-0.05, 0) is 14.1 Å². The van der Waals surface area contributed by atoms with Crippen molar-refractivity contribution in [1.29, 1.82) is 0 Å². The van der Waals surface area contributed by atoms with Gasteiger partial charge in [-0.1, -0.05) is 0 Å². The van der Waals surface area contributed by atoms with Crippen molar-refractivity contribution in [3.63, 3.8) is 0 Å². The normalized spacial score (nSPS) is 10.5. The van der Waals surface area contributed by atoms with Crippen molar-refractivity contribution >= 4 is 23.0 Å². The topological polar surface area (TPSA) is 6.48 Å². The maximum absolute atomic E-state index is 2.25. The van der Waals surface area contributed by atoms with E-state index in [2.05, 4.69) is 39.4 Å². The Balaban J connectivity index is 3.10. The summed E-state index contributed by atoms with van der Waals surface area (Å²) in [5.41, 5.74) is 0. The molecule has 0 rings (SSSR count). The van der Waals surface area contributed by atoms with Crippen LogP contribution in [0.4, 0.5) is 0 Å². The van der Waals surface area contributed by atoms with Crippen LogP contribution in [0.1, 0.15) is 0 Å². The van der Waals surface area contributed by atoms with Crippen LogP contribution in [0.25, 0.3) is 0 Å². The van der Waals surface area contributed by atoms with Gasteiger partial charge in [0.2, 0.25) is 0 Å². The highest BCUT2D eigenvalue weighted by Crippen LogP contribution is 1.76. The van der Waals surface area contributed by atoms with Crippen LogP contribution >= 0.6 is 0 Å². The van der Waals surface area contributed by atoms with Crippen LogP contribution in [0.3, 0.4) is 0 Å². The summed E-state index contributed by atoms with van der Waals surface area (Å²) in [5, 5.41) is 0. The molecule has 0 atom stereocenters. The number of rotatable bonds is 3. The Kier molecular flexibility index (Phi) is 4.10. The van der Waals surface area contributed by atoms with Crippen molar-refractivity contribution < 1.29 is 0 Å². The Morgan fingerprint density at radius 1 is 1.50 bits per heavy atom. The van der Waals surface area contributed by atoms with Gasteiger partial charge in [0.25, 0.3) is 0 Å². The molecular weight excluding hydrogens is 96.5 g/mol. The van der Waals surface area contributed by atoms with E-state index in [1.807, 2.05) is 0 Å². The lowest BCUT2D eigenvalue weighted by atomic mass is 9.66. The summed E-state index contributed by atoms with van der Waals surface area (Å²) in [6, 6.07) is 0. The van der Waals surface area contributed by atoms with Crippen LogP contribution < -0.4 is 0 Å². The molecule has 0 amide bonds. The quantitative estimate of drug-likeness (QED) is 0.287. The van der Waals surface area contributed by atoms with Gasteiger partial charge >= 0.3 is 0 Å². The van der Waals surface area contributed by atoms with Crippen molar-refractivity contribution in [2.45, 2.75) is 0 Å². The molecule has 0 aliphatic heterocycles. The summed E-state index contributed by atoms with van der Waals surface area (Å²) in [5.74, 6) is 0. The van der Waals surface area contributed by atoms with Gasteiger partial charge < -0.3 is 9.62 Å². The molecule has 44 valence electrons. The Labute approximate surface area is 54.3 Å². The highest BCUT2D eigenvalue weighted by Gasteiger charge is 1.93. The molecule has 0 aromatic heterocycles. The van der Waals surface area contributed by atoms with Crippen molar-refractivity contribution in [1.82, 2.24) is 9.62 Å². The van der Waals surface area contributed by atoms with Crippen molar-refractivity contribution in [3.8, 4) is 0 Å². The van der Waals surface area contributed by atoms with Gasteiger partial charge in [-0.25, -0.2) is 0 Å². The molecule has 0 aromatic carbocycles. The van der Waals surface area contributed by atoms with Crippen LogP contribution in [-0.2, 0) is 0 Å². The molecule has 0 bridgehead atoms. The van der Waals surface area contributed by atoms with Gasteiger partial charge in [0.05, 0.1) is 7.74 Å². The molecule has 5 heteroatoms. The lowest BCUT2D eigenvalue weighted by Crippen LogP contribution is -2.33. The second-order valence-electron chi connectivity index (χ2n) is 2.39. The third-order valence-corrected chi connectivity index (χ3v) is 1.06. The molecule has 0 aliphatic carbocycles. The largest absolute Gasteiger partial charge is 0.345 e. The van der Waals surface area contributed by atoms with E-state index in [-0.39, 0.29) is 0 Å². The second kappa shape index (κ2) is 4.04. The first kappa shape index (κ1) is 8.11. The minimum absolute atomic E-state index is 1.05. The molecule has 0 radical (unpaired) electrons. The van der Waals surface area contributed by atoms with Crippen molar-refractivity contribution in [2.24, 2.45) is 0 Å². The van der Waals surface area contributed by atoms with E-state index >= 15 is 0 Å². The monoisotopic (exact) mass is 110 g/mol. The Hall–Kier alpha value is 0.115. The van der Waals surface area contributed by atoms with E-state index in [4.69, 9.17) is 0 Å². The molecule has 0 N–H and O–H groups in total. The van der Waals surface area contributed by atoms with Gasteiger partial charge in [0, 0.05) is 6.67 Å². The van der Waals surface area contributed by atoms with Crippen LogP contribution in [0, 0.1) is 0 Å². The Morgan fingerprint density at radius 3 is 2.12 bits per heavy atom. The fourth-order valence-electron chi connectivity index (χ4n) is 0.583. The molecule has 0 spiro atoms. The van der Waals surface area contributed by atoms with Gasteiger partial charge in [0.15, 0.2) is 15.3 Å². The zero-order valence-electron chi connectivity index (χ0n) is 6.31. The zero-order chi connectivity index (χ0) is 6.57. The summed E-state index contributed by atoms with van der Waals surface area (Å²) in [6.45, 7) is 1.05. The van der Waals surface area contributed by atoms with E-state index < -0.39 is 0 Å². The molecule has 8 heavy (non-hydrogen) atoms. The zero-order valence-corrected chi connectivity index (χ0v) is 6.31. The molecule has 0 unspecified atom stereocenters. The molecule has 0 fully saturated rings. The van der Waals surface area contributed by atoms with E-state index in [0.29, 0.717) is 0 Å². The SMILES string of the molecule is BBN(C)CN(B)C. The molecule has 0 heterocycles. The summed E-state index contributed by atoms with van der Waals surface area (Å²) in [7, 11) is 9.54. The van der Waals surface area contributed by atoms with Crippen LogP contribution in [0.2, 0.25) is 0 Å². The molecular formula is C3H13B3N2. The van der Waals surface area contributed by atoms with Crippen LogP contribution in [0.5, 0.6) is 0 Å². The van der Waals surface area contributed by atoms with Crippen molar-refractivity contribution in [2.75, 3.05) is 20.8 Å². The molecule has 2 nitrogen and oxygen atoms in total. The third-order valence-electron chi connectivity index (χ3n) is 1.06. The van der Waals surface area contributed by atoms with Gasteiger partial charge in [-0.3, -0.25) is 0 Å². The lowest BCUT2D eigenvalue weighted by Gasteiger charge is -2.18. The summed E-state index contributed by atoms with van der Waals surface area (Å²) in [4.78, 5) is 4.41. The molecule has 0 saturated carbocycles. The average molecular weight is 110 g/mol. The average Bonchev–Trinajstić information content (AvgIpc) is 1.65. The van der Waals surface area contributed by atoms with E-state index in [9.17, 15) is 0 Å². The van der Waals surface area contributed by atoms with Crippen molar-refractivity contribution in [3.05, 3.63) is 0 Å². The van der Waals surface area contributed by atoms with Gasteiger partial charge in [0.1, 0.15) is 0 Å². The molecule has 0 aliphatic rings. The highest BCUT2D eigenvalue weighted by atomic mass is 15.2. The second-order valence-corrected chi connectivity index (χ2v) is 2.39. The Bertz CT molecular complexity index is 58.5. The fraction of sp³-hybridized carbons (Fsp3) is 1.00. The third kappa shape index (κ3) is 4.28. The van der Waals surface area contributed by atoms with Crippen LogP contribution in [0.15, 0.2) is 0 Å². The first-order chi connectivity index (χ1) is 3.66. The van der Waals surface area contributed by atoms with Gasteiger partial charge in [-0.2, -0.15) is 0 Å². The summed E-state index contributed by atoms with van der Waals surface area (Å²) >= 11 is 0. The smallest absolute Gasteiger partial charge is 0.186 e. The summed E-state index contributed by atoms with van der Waals surface area (Å²) in [6.07, 6.45) is 0. The molecule has 0 aromatic rings.